The fourth-order valence-electron chi connectivity index (χ4n) is 1.73. The third-order valence-corrected chi connectivity index (χ3v) is 2.50. The van der Waals surface area contributed by atoms with Gasteiger partial charge in [-0.15, -0.1) is 0 Å². The van der Waals surface area contributed by atoms with Crippen LogP contribution in [0, 0.1) is 13.8 Å². The number of rotatable bonds is 1. The van der Waals surface area contributed by atoms with Crippen LogP contribution in [0.5, 0.6) is 0 Å². The first-order chi connectivity index (χ1) is 6.33. The van der Waals surface area contributed by atoms with E-state index in [4.69, 9.17) is 0 Å². The van der Waals surface area contributed by atoms with Crippen molar-refractivity contribution in [3.8, 4) is 0 Å². The van der Waals surface area contributed by atoms with E-state index in [0.717, 1.165) is 6.42 Å². The summed E-state index contributed by atoms with van der Waals surface area (Å²) in [4.78, 5) is 0. The van der Waals surface area contributed by atoms with Crippen molar-refractivity contribution in [1.29, 1.82) is 0 Å². The molecule has 0 saturated heterocycles. The number of fused-ring (bicyclic) bond motifs is 1. The molecule has 0 fully saturated rings. The lowest BCUT2D eigenvalue weighted by Crippen LogP contribution is -1.85. The lowest BCUT2D eigenvalue weighted by molar-refractivity contribution is 1.29. The molecule has 1 radical (unpaired) electrons. The van der Waals surface area contributed by atoms with Crippen LogP contribution in [-0.2, 0) is 6.42 Å². The highest BCUT2D eigenvalue weighted by molar-refractivity contribution is 5.88. The van der Waals surface area contributed by atoms with Crippen molar-refractivity contribution in [2.75, 3.05) is 0 Å². The second-order valence-electron chi connectivity index (χ2n) is 3.34. The summed E-state index contributed by atoms with van der Waals surface area (Å²) in [6.07, 6.45) is 0.862. The van der Waals surface area contributed by atoms with Crippen molar-refractivity contribution >= 4 is 10.8 Å². The summed E-state index contributed by atoms with van der Waals surface area (Å²) >= 11 is 0. The van der Waals surface area contributed by atoms with E-state index in [1.165, 1.54) is 21.9 Å². The Bertz CT molecular complexity index is 427. The summed E-state index contributed by atoms with van der Waals surface area (Å²) in [7, 11) is 0. The van der Waals surface area contributed by atoms with Crippen LogP contribution < -0.4 is 0 Å². The molecule has 2 rings (SSSR count). The standard InChI is InChI=1S/C13H13/c1-3-11-9-8-10(2)12-6-4-5-7-13(11)12/h4-9H,1,3H2,2H3. The highest BCUT2D eigenvalue weighted by Crippen LogP contribution is 2.22. The second kappa shape index (κ2) is 3.21. The Kier molecular flexibility index (Phi) is 2.05. The highest BCUT2D eigenvalue weighted by atomic mass is 14.0. The lowest BCUT2D eigenvalue weighted by atomic mass is 9.99. The Morgan fingerprint density at radius 3 is 2.38 bits per heavy atom. The quantitative estimate of drug-likeness (QED) is 0.612. The summed E-state index contributed by atoms with van der Waals surface area (Å²) in [6.45, 7) is 6.08. The van der Waals surface area contributed by atoms with E-state index in [9.17, 15) is 0 Å². The molecule has 0 atom stereocenters. The van der Waals surface area contributed by atoms with Crippen LogP contribution in [-0.4, -0.2) is 0 Å². The highest BCUT2D eigenvalue weighted by Gasteiger charge is 1.99. The van der Waals surface area contributed by atoms with Gasteiger partial charge in [0.2, 0.25) is 0 Å². The van der Waals surface area contributed by atoms with Gasteiger partial charge in [-0.25, -0.2) is 0 Å². The Hall–Kier alpha value is -1.30. The number of aryl methyl sites for hydroxylation is 1. The lowest BCUT2D eigenvalue weighted by Gasteiger charge is -2.06. The smallest absolute Gasteiger partial charge is 0.0149 e. The third kappa shape index (κ3) is 1.33. The van der Waals surface area contributed by atoms with Crippen LogP contribution in [0.25, 0.3) is 10.8 Å². The minimum atomic E-state index is 0.862. The van der Waals surface area contributed by atoms with E-state index in [-0.39, 0.29) is 0 Å². The van der Waals surface area contributed by atoms with Gasteiger partial charge in [0.25, 0.3) is 0 Å². The first-order valence-corrected chi connectivity index (χ1v) is 4.59. The van der Waals surface area contributed by atoms with Gasteiger partial charge in [-0.05, 0) is 42.2 Å². The molecule has 0 amide bonds. The molecule has 65 valence electrons. The normalized spacial score (nSPS) is 10.6. The second-order valence-corrected chi connectivity index (χ2v) is 3.34. The molecule has 0 heterocycles. The summed E-state index contributed by atoms with van der Waals surface area (Å²) in [6, 6.07) is 12.9. The van der Waals surface area contributed by atoms with Crippen LogP contribution in [0.4, 0.5) is 0 Å². The number of benzene rings is 2. The molecule has 13 heavy (non-hydrogen) atoms. The van der Waals surface area contributed by atoms with Crippen molar-refractivity contribution in [2.24, 2.45) is 0 Å². The van der Waals surface area contributed by atoms with Crippen LogP contribution in [0.1, 0.15) is 11.1 Å². The molecule has 2 aromatic rings. The van der Waals surface area contributed by atoms with Gasteiger partial charge >= 0.3 is 0 Å². The van der Waals surface area contributed by atoms with Gasteiger partial charge in [-0.1, -0.05) is 36.4 Å². The first-order valence-electron chi connectivity index (χ1n) is 4.59. The van der Waals surface area contributed by atoms with Crippen LogP contribution in [0.2, 0.25) is 0 Å². The van der Waals surface area contributed by atoms with Crippen molar-refractivity contribution in [2.45, 2.75) is 13.3 Å². The Labute approximate surface area is 79.2 Å². The molecule has 0 heteroatoms. The fourth-order valence-corrected chi connectivity index (χ4v) is 1.73. The molecule has 0 nitrogen and oxygen atoms in total. The van der Waals surface area contributed by atoms with Gasteiger partial charge in [0, 0.05) is 0 Å². The summed E-state index contributed by atoms with van der Waals surface area (Å²) < 4.78 is 0. The summed E-state index contributed by atoms with van der Waals surface area (Å²) in [5.74, 6) is 0. The number of hydrogen-bond donors (Lipinski definition) is 0. The molecule has 0 unspecified atom stereocenters. The van der Waals surface area contributed by atoms with Crippen molar-refractivity contribution in [3.63, 3.8) is 0 Å². The van der Waals surface area contributed by atoms with E-state index >= 15 is 0 Å². The first kappa shape index (κ1) is 8.31. The van der Waals surface area contributed by atoms with Crippen LogP contribution in [0.15, 0.2) is 36.4 Å². The zero-order valence-corrected chi connectivity index (χ0v) is 7.88. The fraction of sp³-hybridized carbons (Fsp3) is 0.154. The van der Waals surface area contributed by atoms with E-state index in [1.54, 1.807) is 0 Å². The predicted octanol–water partition coefficient (Wildman–Crippen LogP) is 3.52. The molecule has 0 saturated carbocycles. The average molecular weight is 169 g/mol. The summed E-state index contributed by atoms with van der Waals surface area (Å²) in [5, 5.41) is 2.70. The largest absolute Gasteiger partial charge is 0.0616 e. The van der Waals surface area contributed by atoms with Crippen molar-refractivity contribution < 1.29 is 0 Å². The van der Waals surface area contributed by atoms with E-state index in [0.29, 0.717) is 0 Å². The zero-order chi connectivity index (χ0) is 9.26. The minimum Gasteiger partial charge on any atom is -0.0616 e. The molecule has 0 N–H and O–H groups in total. The molecule has 2 aromatic carbocycles. The van der Waals surface area contributed by atoms with E-state index in [1.807, 2.05) is 0 Å². The van der Waals surface area contributed by atoms with E-state index < -0.39 is 0 Å². The van der Waals surface area contributed by atoms with E-state index in [2.05, 4.69) is 50.2 Å². The zero-order valence-electron chi connectivity index (χ0n) is 7.88. The third-order valence-electron chi connectivity index (χ3n) is 2.50. The predicted molar refractivity (Wildman–Crippen MR) is 57.7 cm³/mol. The molecular weight excluding hydrogens is 156 g/mol. The Morgan fingerprint density at radius 1 is 1.00 bits per heavy atom. The van der Waals surface area contributed by atoms with Gasteiger partial charge in [0.1, 0.15) is 0 Å². The maximum Gasteiger partial charge on any atom is -0.0149 e. The molecule has 0 bridgehead atoms. The topological polar surface area (TPSA) is 0 Å². The van der Waals surface area contributed by atoms with Crippen LogP contribution >= 0.6 is 0 Å². The molecule has 0 aliphatic rings. The van der Waals surface area contributed by atoms with Gasteiger partial charge < -0.3 is 0 Å². The number of hydrogen-bond acceptors (Lipinski definition) is 0. The maximum absolute atomic E-state index is 3.94. The Balaban J connectivity index is 2.84. The maximum atomic E-state index is 3.94. The SMILES string of the molecule is [CH2]Cc1ccc(C)c2ccccc12. The van der Waals surface area contributed by atoms with Gasteiger partial charge in [0.15, 0.2) is 0 Å². The van der Waals surface area contributed by atoms with Gasteiger partial charge in [-0.2, -0.15) is 0 Å². The Morgan fingerprint density at radius 2 is 1.69 bits per heavy atom. The van der Waals surface area contributed by atoms with Crippen LogP contribution in [0.3, 0.4) is 0 Å². The van der Waals surface area contributed by atoms with Crippen molar-refractivity contribution in [1.82, 2.24) is 0 Å². The molecule has 0 aliphatic carbocycles. The minimum absolute atomic E-state index is 0.862. The van der Waals surface area contributed by atoms with Gasteiger partial charge in [0.05, 0.1) is 0 Å². The molecule has 0 spiro atoms. The molecule has 0 aromatic heterocycles. The average Bonchev–Trinajstić information content (AvgIpc) is 2.19. The summed E-state index contributed by atoms with van der Waals surface area (Å²) in [5.41, 5.74) is 2.68. The molecule has 0 aliphatic heterocycles. The van der Waals surface area contributed by atoms with Gasteiger partial charge in [-0.3, -0.25) is 0 Å². The van der Waals surface area contributed by atoms with Crippen molar-refractivity contribution in [3.05, 3.63) is 54.4 Å². The monoisotopic (exact) mass is 169 g/mol. The molecular formula is C13H13.